The lowest BCUT2D eigenvalue weighted by Gasteiger charge is -2.28. The lowest BCUT2D eigenvalue weighted by atomic mass is 10.0. The average molecular weight is 338 g/mol. The third-order valence-electron chi connectivity index (χ3n) is 4.58. The molecule has 2 aromatic rings. The van der Waals surface area contributed by atoms with Crippen LogP contribution in [-0.2, 0) is 11.3 Å². The first kappa shape index (κ1) is 17.5. The number of likely N-dealkylation sites (N-methyl/N-ethyl adjacent to an activating group) is 1. The molecule has 4 nitrogen and oxygen atoms in total. The molecule has 1 fully saturated rings. The molecule has 0 saturated heterocycles. The quantitative estimate of drug-likeness (QED) is 0.841. The smallest absolute Gasteiger partial charge is 0.242 e. The van der Waals surface area contributed by atoms with Crippen LogP contribution < -0.4 is 10.1 Å². The largest absolute Gasteiger partial charge is 0.496 e. The Morgan fingerprint density at radius 2 is 1.96 bits per heavy atom. The number of amides is 1. The molecule has 0 heterocycles. The molecule has 1 N–H and O–H groups in total. The number of aryl methyl sites for hydroxylation is 1. The fourth-order valence-electron chi connectivity index (χ4n) is 3.14. The van der Waals surface area contributed by atoms with E-state index in [0.29, 0.717) is 12.6 Å². The third-order valence-corrected chi connectivity index (χ3v) is 4.58. The van der Waals surface area contributed by atoms with E-state index in [2.05, 4.69) is 23.2 Å². The number of hydrogen-bond donors (Lipinski definition) is 1. The Kier molecular flexibility index (Phi) is 5.39. The third kappa shape index (κ3) is 4.40. The van der Waals surface area contributed by atoms with Gasteiger partial charge in [-0.3, -0.25) is 9.69 Å². The molecule has 0 spiro atoms. The van der Waals surface area contributed by atoms with E-state index < -0.39 is 0 Å². The van der Waals surface area contributed by atoms with Crippen LogP contribution in [0.1, 0.15) is 35.6 Å². The molecule has 1 amide bonds. The molecule has 1 aliphatic carbocycles. The molecule has 1 saturated carbocycles. The van der Waals surface area contributed by atoms with E-state index in [-0.39, 0.29) is 11.9 Å². The maximum absolute atomic E-state index is 12.9. The van der Waals surface area contributed by atoms with Crippen LogP contribution in [0.15, 0.2) is 48.5 Å². The SMILES string of the molecule is COc1ccc(C)cc1CN(C)C(C(=O)NC1CC1)c1ccccc1. The van der Waals surface area contributed by atoms with Gasteiger partial charge in [-0.05, 0) is 38.4 Å². The zero-order chi connectivity index (χ0) is 17.8. The van der Waals surface area contributed by atoms with Gasteiger partial charge in [0.2, 0.25) is 5.91 Å². The minimum atomic E-state index is -0.313. The van der Waals surface area contributed by atoms with Gasteiger partial charge in [-0.25, -0.2) is 0 Å². The first-order chi connectivity index (χ1) is 12.1. The van der Waals surface area contributed by atoms with Gasteiger partial charge < -0.3 is 10.1 Å². The van der Waals surface area contributed by atoms with E-state index >= 15 is 0 Å². The summed E-state index contributed by atoms with van der Waals surface area (Å²) in [4.78, 5) is 15.0. The zero-order valence-corrected chi connectivity index (χ0v) is 15.2. The van der Waals surface area contributed by atoms with E-state index in [1.807, 2.05) is 49.5 Å². The molecule has 1 atom stereocenters. The van der Waals surface area contributed by atoms with E-state index in [9.17, 15) is 4.79 Å². The van der Waals surface area contributed by atoms with Crippen molar-refractivity contribution in [3.05, 3.63) is 65.2 Å². The standard InChI is InChI=1S/C21H26N2O2/c1-15-9-12-19(25-3)17(13-15)14-23(2)20(16-7-5-4-6-8-16)21(24)22-18-10-11-18/h4-9,12-13,18,20H,10-11,14H2,1-3H3,(H,22,24). The highest BCUT2D eigenvalue weighted by atomic mass is 16.5. The van der Waals surface area contributed by atoms with E-state index in [4.69, 9.17) is 4.74 Å². The summed E-state index contributed by atoms with van der Waals surface area (Å²) >= 11 is 0. The zero-order valence-electron chi connectivity index (χ0n) is 15.2. The Balaban J connectivity index is 1.84. The molecule has 132 valence electrons. The summed E-state index contributed by atoms with van der Waals surface area (Å²) < 4.78 is 5.49. The molecule has 2 aromatic carbocycles. The number of nitrogens with one attached hydrogen (secondary N) is 1. The lowest BCUT2D eigenvalue weighted by Crippen LogP contribution is -2.39. The monoisotopic (exact) mass is 338 g/mol. The van der Waals surface area contributed by atoms with Crippen molar-refractivity contribution in [2.24, 2.45) is 0 Å². The molecular formula is C21H26N2O2. The Hall–Kier alpha value is -2.33. The molecule has 4 heteroatoms. The van der Waals surface area contributed by atoms with Crippen molar-refractivity contribution >= 4 is 5.91 Å². The van der Waals surface area contributed by atoms with Crippen molar-refractivity contribution in [1.82, 2.24) is 10.2 Å². The topological polar surface area (TPSA) is 41.6 Å². The predicted octanol–water partition coefficient (Wildman–Crippen LogP) is 3.46. The number of ether oxygens (including phenoxy) is 1. The van der Waals surface area contributed by atoms with Crippen molar-refractivity contribution < 1.29 is 9.53 Å². The number of carbonyl (C=O) groups is 1. The second kappa shape index (κ2) is 7.70. The molecule has 25 heavy (non-hydrogen) atoms. The van der Waals surface area contributed by atoms with Crippen molar-refractivity contribution in [2.45, 2.75) is 38.4 Å². The molecule has 3 rings (SSSR count). The van der Waals surface area contributed by atoms with Crippen LogP contribution in [0, 0.1) is 6.92 Å². The number of carbonyl (C=O) groups excluding carboxylic acids is 1. The van der Waals surface area contributed by atoms with E-state index in [0.717, 1.165) is 29.7 Å². The van der Waals surface area contributed by atoms with Crippen LogP contribution >= 0.6 is 0 Å². The van der Waals surface area contributed by atoms with Gasteiger partial charge in [0.25, 0.3) is 0 Å². The van der Waals surface area contributed by atoms with Gasteiger partial charge >= 0.3 is 0 Å². The first-order valence-corrected chi connectivity index (χ1v) is 8.77. The molecule has 0 aliphatic heterocycles. The number of methoxy groups -OCH3 is 1. The van der Waals surface area contributed by atoms with Crippen molar-refractivity contribution in [3.63, 3.8) is 0 Å². The minimum Gasteiger partial charge on any atom is -0.496 e. The summed E-state index contributed by atoms with van der Waals surface area (Å²) in [6, 6.07) is 16.1. The van der Waals surface area contributed by atoms with Crippen molar-refractivity contribution in [3.8, 4) is 5.75 Å². The Labute approximate surface area is 149 Å². The normalized spacial score (nSPS) is 15.0. The maximum atomic E-state index is 12.9. The Bertz CT molecular complexity index is 726. The van der Waals surface area contributed by atoms with Crippen LogP contribution in [0.4, 0.5) is 0 Å². The molecule has 0 radical (unpaired) electrons. The number of benzene rings is 2. The maximum Gasteiger partial charge on any atom is 0.242 e. The minimum absolute atomic E-state index is 0.0721. The van der Waals surface area contributed by atoms with Crippen molar-refractivity contribution in [2.75, 3.05) is 14.2 Å². The van der Waals surface area contributed by atoms with Gasteiger partial charge in [0.05, 0.1) is 7.11 Å². The van der Waals surface area contributed by atoms with Crippen LogP contribution in [0.25, 0.3) is 0 Å². The van der Waals surface area contributed by atoms with Crippen molar-refractivity contribution in [1.29, 1.82) is 0 Å². The van der Waals surface area contributed by atoms with Crippen LogP contribution in [0.2, 0.25) is 0 Å². The number of hydrogen-bond acceptors (Lipinski definition) is 3. The number of rotatable bonds is 7. The highest BCUT2D eigenvalue weighted by molar-refractivity contribution is 5.83. The molecule has 0 bridgehead atoms. The number of nitrogens with zero attached hydrogens (tertiary/aromatic N) is 1. The van der Waals surface area contributed by atoms with Crippen LogP contribution in [-0.4, -0.2) is 31.0 Å². The van der Waals surface area contributed by atoms with Gasteiger partial charge in [-0.15, -0.1) is 0 Å². The molecule has 1 aliphatic rings. The fraction of sp³-hybridized carbons (Fsp3) is 0.381. The van der Waals surface area contributed by atoms with Gasteiger partial charge in [0, 0.05) is 18.2 Å². The second-order valence-corrected chi connectivity index (χ2v) is 6.83. The summed E-state index contributed by atoms with van der Waals surface area (Å²) in [5.41, 5.74) is 3.28. The first-order valence-electron chi connectivity index (χ1n) is 8.77. The van der Waals surface area contributed by atoms with Gasteiger partial charge in [-0.2, -0.15) is 0 Å². The fourth-order valence-corrected chi connectivity index (χ4v) is 3.14. The summed E-state index contributed by atoms with van der Waals surface area (Å²) in [7, 11) is 3.68. The van der Waals surface area contributed by atoms with Crippen LogP contribution in [0.5, 0.6) is 5.75 Å². The second-order valence-electron chi connectivity index (χ2n) is 6.83. The Morgan fingerprint density at radius 1 is 1.24 bits per heavy atom. The van der Waals surface area contributed by atoms with E-state index in [1.54, 1.807) is 7.11 Å². The molecular weight excluding hydrogens is 312 g/mol. The summed E-state index contributed by atoms with van der Waals surface area (Å²) in [5.74, 6) is 0.926. The van der Waals surface area contributed by atoms with Crippen LogP contribution in [0.3, 0.4) is 0 Å². The average Bonchev–Trinajstić information content (AvgIpc) is 3.40. The van der Waals surface area contributed by atoms with Gasteiger partial charge in [0.1, 0.15) is 11.8 Å². The van der Waals surface area contributed by atoms with Gasteiger partial charge in [0.15, 0.2) is 0 Å². The Morgan fingerprint density at radius 3 is 2.60 bits per heavy atom. The molecule has 1 unspecified atom stereocenters. The highest BCUT2D eigenvalue weighted by Crippen LogP contribution is 2.28. The highest BCUT2D eigenvalue weighted by Gasteiger charge is 2.31. The van der Waals surface area contributed by atoms with Gasteiger partial charge in [-0.1, -0.05) is 48.0 Å². The molecule has 0 aromatic heterocycles. The lowest BCUT2D eigenvalue weighted by molar-refractivity contribution is -0.126. The van der Waals surface area contributed by atoms with E-state index in [1.165, 1.54) is 5.56 Å². The summed E-state index contributed by atoms with van der Waals surface area (Å²) in [6.45, 7) is 2.71. The predicted molar refractivity (Wildman–Crippen MR) is 99.5 cm³/mol. The summed E-state index contributed by atoms with van der Waals surface area (Å²) in [6.07, 6.45) is 2.17. The summed E-state index contributed by atoms with van der Waals surface area (Å²) in [5, 5.41) is 3.15.